The Bertz CT molecular complexity index is 74.6. The van der Waals surface area contributed by atoms with E-state index in [0.29, 0.717) is 0 Å². The number of carbonyl (C=O) groups excluding carboxylic acids is 1. The van der Waals surface area contributed by atoms with Crippen LogP contribution >= 0.6 is 0 Å². The molecular formula is C4H9N2NaO2. The zero-order valence-electron chi connectivity index (χ0n) is 5.89. The summed E-state index contributed by atoms with van der Waals surface area (Å²) >= 11 is 0. The van der Waals surface area contributed by atoms with Crippen molar-refractivity contribution in [3.8, 4) is 0 Å². The number of carboxylic acids is 1. The molecule has 0 aliphatic heterocycles. The molecule has 0 aliphatic carbocycles. The number of carboxylic acid groups (broad SMARTS) is 1. The van der Waals surface area contributed by atoms with E-state index in [-0.39, 0.29) is 35.4 Å². The first-order valence-electron chi connectivity index (χ1n) is 1.95. The summed E-state index contributed by atoms with van der Waals surface area (Å²) in [6.45, 7) is 2.50. The van der Waals surface area contributed by atoms with Crippen molar-refractivity contribution in [2.24, 2.45) is 5.73 Å². The van der Waals surface area contributed by atoms with Gasteiger partial charge in [0, 0.05) is 5.97 Å². The summed E-state index contributed by atoms with van der Waals surface area (Å²) in [7, 11) is 0. The van der Waals surface area contributed by atoms with Gasteiger partial charge in [0.05, 0.1) is 5.84 Å². The maximum absolute atomic E-state index is 8.89. The first-order valence-corrected chi connectivity index (χ1v) is 1.95. The average Bonchev–Trinajstić information content (AvgIpc) is 1.25. The van der Waals surface area contributed by atoms with Crippen LogP contribution in [0.3, 0.4) is 0 Å². The summed E-state index contributed by atoms with van der Waals surface area (Å²) in [4.78, 5) is 8.89. The van der Waals surface area contributed by atoms with E-state index in [9.17, 15) is 0 Å². The fraction of sp³-hybridized carbons (Fsp3) is 0.500. The monoisotopic (exact) mass is 140 g/mol. The second-order valence-electron chi connectivity index (χ2n) is 1.17. The average molecular weight is 140 g/mol. The zero-order valence-corrected chi connectivity index (χ0v) is 7.89. The Morgan fingerprint density at radius 3 is 1.56 bits per heavy atom. The van der Waals surface area contributed by atoms with Crippen molar-refractivity contribution in [3.05, 3.63) is 0 Å². The van der Waals surface area contributed by atoms with Crippen LogP contribution in [0.15, 0.2) is 0 Å². The largest absolute Gasteiger partial charge is 1.00 e. The van der Waals surface area contributed by atoms with Gasteiger partial charge >= 0.3 is 29.6 Å². The van der Waals surface area contributed by atoms with Crippen molar-refractivity contribution in [1.29, 1.82) is 5.41 Å². The fourth-order valence-corrected chi connectivity index (χ4v) is 0. The molecule has 0 aromatic heterocycles. The van der Waals surface area contributed by atoms with Gasteiger partial charge in [-0.1, -0.05) is 0 Å². The predicted molar refractivity (Wildman–Crippen MR) is 28.3 cm³/mol. The van der Waals surface area contributed by atoms with E-state index in [1.165, 1.54) is 6.92 Å². The minimum absolute atomic E-state index is 0. The first kappa shape index (κ1) is 16.0. The molecule has 0 spiro atoms. The predicted octanol–water partition coefficient (Wildman–Crippen LogP) is -4.30. The van der Waals surface area contributed by atoms with Crippen LogP contribution in [0.1, 0.15) is 13.8 Å². The molecule has 3 N–H and O–H groups in total. The Morgan fingerprint density at radius 2 is 1.56 bits per heavy atom. The van der Waals surface area contributed by atoms with Crippen LogP contribution in [-0.4, -0.2) is 11.8 Å². The molecule has 0 aromatic carbocycles. The maximum atomic E-state index is 8.89. The zero-order chi connectivity index (χ0) is 7.15. The van der Waals surface area contributed by atoms with Crippen molar-refractivity contribution < 1.29 is 39.5 Å². The molecule has 48 valence electrons. The summed E-state index contributed by atoms with van der Waals surface area (Å²) in [5.41, 5.74) is 4.69. The fourth-order valence-electron chi connectivity index (χ4n) is 0. The molecule has 0 aliphatic rings. The van der Waals surface area contributed by atoms with Gasteiger partial charge in [-0.05, 0) is 13.8 Å². The van der Waals surface area contributed by atoms with Crippen molar-refractivity contribution in [1.82, 2.24) is 0 Å². The standard InChI is InChI=1S/C2H6N2.C2H4O2.Na/c2*1-2(3)4;/h1H3,(H3,3,4);1H3,(H,3,4);/q;;+1/p-1. The molecule has 0 rings (SSSR count). The van der Waals surface area contributed by atoms with Gasteiger partial charge in [-0.15, -0.1) is 0 Å². The Morgan fingerprint density at radius 1 is 1.56 bits per heavy atom. The van der Waals surface area contributed by atoms with Crippen LogP contribution in [0.5, 0.6) is 0 Å². The van der Waals surface area contributed by atoms with Crippen LogP contribution in [-0.2, 0) is 4.79 Å². The van der Waals surface area contributed by atoms with Gasteiger partial charge < -0.3 is 15.6 Å². The third-order valence-corrected chi connectivity index (χ3v) is 0. The van der Waals surface area contributed by atoms with E-state index in [2.05, 4.69) is 0 Å². The van der Waals surface area contributed by atoms with Gasteiger partial charge in [0.1, 0.15) is 0 Å². The number of carbonyl (C=O) groups is 1. The third kappa shape index (κ3) is 77800. The molecule has 0 unspecified atom stereocenters. The van der Waals surface area contributed by atoms with Crippen LogP contribution in [0.4, 0.5) is 0 Å². The Labute approximate surface area is 76.2 Å². The summed E-state index contributed by atoms with van der Waals surface area (Å²) < 4.78 is 0. The van der Waals surface area contributed by atoms with Crippen LogP contribution in [0, 0.1) is 5.41 Å². The summed E-state index contributed by atoms with van der Waals surface area (Å²) in [6.07, 6.45) is 0. The van der Waals surface area contributed by atoms with E-state index < -0.39 is 5.97 Å². The smallest absolute Gasteiger partial charge is 0.550 e. The second-order valence-corrected chi connectivity index (χ2v) is 1.17. The molecule has 0 radical (unpaired) electrons. The van der Waals surface area contributed by atoms with Crippen LogP contribution < -0.4 is 40.4 Å². The van der Waals surface area contributed by atoms with E-state index in [4.69, 9.17) is 21.0 Å². The molecule has 0 aromatic rings. The number of nitrogens with two attached hydrogens (primary N) is 1. The second kappa shape index (κ2) is 10.8. The molecule has 4 nitrogen and oxygen atoms in total. The SMILES string of the molecule is CC(=N)N.CC(=O)[O-].[Na+]. The van der Waals surface area contributed by atoms with Gasteiger partial charge in [0.15, 0.2) is 0 Å². The van der Waals surface area contributed by atoms with E-state index in [1.807, 2.05) is 0 Å². The van der Waals surface area contributed by atoms with E-state index >= 15 is 0 Å². The van der Waals surface area contributed by atoms with Gasteiger partial charge in [-0.25, -0.2) is 0 Å². The van der Waals surface area contributed by atoms with Crippen molar-refractivity contribution in [3.63, 3.8) is 0 Å². The number of amidine groups is 1. The molecule has 0 fully saturated rings. The van der Waals surface area contributed by atoms with Crippen molar-refractivity contribution >= 4 is 11.8 Å². The maximum Gasteiger partial charge on any atom is 1.00 e. The molecule has 0 atom stereocenters. The van der Waals surface area contributed by atoms with Crippen LogP contribution in [0.25, 0.3) is 0 Å². The number of rotatable bonds is 0. The summed E-state index contributed by atoms with van der Waals surface area (Å²) in [5, 5.41) is 15.2. The molecule has 0 amide bonds. The van der Waals surface area contributed by atoms with Gasteiger partial charge in [0.25, 0.3) is 0 Å². The third-order valence-electron chi connectivity index (χ3n) is 0. The molecule has 0 heterocycles. The number of hydrogen-bond acceptors (Lipinski definition) is 3. The van der Waals surface area contributed by atoms with Crippen LogP contribution in [0.2, 0.25) is 0 Å². The Balaban J connectivity index is -0.0000000720. The Hall–Kier alpha value is -0.0600. The molecule has 0 saturated heterocycles. The normalized spacial score (nSPS) is 5.56. The van der Waals surface area contributed by atoms with Crippen molar-refractivity contribution in [2.45, 2.75) is 13.8 Å². The summed E-state index contributed by atoms with van der Waals surface area (Å²) in [6, 6.07) is 0. The number of aliphatic carboxylic acids is 1. The minimum Gasteiger partial charge on any atom is -0.550 e. The molecular weight excluding hydrogens is 131 g/mol. The van der Waals surface area contributed by atoms with E-state index in [1.54, 1.807) is 0 Å². The summed E-state index contributed by atoms with van der Waals surface area (Å²) in [5.74, 6) is -0.917. The minimum atomic E-state index is -1.08. The van der Waals surface area contributed by atoms with Crippen molar-refractivity contribution in [2.75, 3.05) is 0 Å². The van der Waals surface area contributed by atoms with Gasteiger partial charge in [-0.2, -0.15) is 0 Å². The number of hydrogen-bond donors (Lipinski definition) is 2. The van der Waals surface area contributed by atoms with E-state index in [0.717, 1.165) is 6.92 Å². The molecule has 0 bridgehead atoms. The quantitative estimate of drug-likeness (QED) is 0.202. The molecule has 9 heavy (non-hydrogen) atoms. The Kier molecular flexibility index (Phi) is 19.2. The van der Waals surface area contributed by atoms with Gasteiger partial charge in [-0.3, -0.25) is 5.41 Å². The topological polar surface area (TPSA) is 90.0 Å². The van der Waals surface area contributed by atoms with Gasteiger partial charge in [0.2, 0.25) is 0 Å². The number of nitrogens with one attached hydrogen (secondary N) is 1. The first-order chi connectivity index (χ1) is 3.46. The molecule has 5 heteroatoms. The molecule has 0 saturated carbocycles.